The van der Waals surface area contributed by atoms with E-state index >= 15 is 0 Å². The summed E-state index contributed by atoms with van der Waals surface area (Å²) in [4.78, 5) is 21.0. The maximum absolute atomic E-state index is 10.5. The predicted molar refractivity (Wildman–Crippen MR) is 79.2 cm³/mol. The number of nitrogens with zero attached hydrogens (tertiary/aromatic N) is 2. The van der Waals surface area contributed by atoms with Crippen LogP contribution in [0.15, 0.2) is 47.6 Å². The van der Waals surface area contributed by atoms with Crippen LogP contribution < -0.4 is 5.32 Å². The summed E-state index contributed by atoms with van der Waals surface area (Å²) in [5.41, 5.74) is 1.10. The summed E-state index contributed by atoms with van der Waals surface area (Å²) in [6.45, 7) is 0. The lowest BCUT2D eigenvalue weighted by atomic mass is 10.1. The Hall–Kier alpha value is -2.98. The van der Waals surface area contributed by atoms with Gasteiger partial charge in [0, 0.05) is 5.38 Å². The van der Waals surface area contributed by atoms with E-state index in [9.17, 15) is 20.2 Å². The third-order valence-electron chi connectivity index (χ3n) is 2.65. The van der Waals surface area contributed by atoms with E-state index in [-0.39, 0.29) is 6.29 Å². The van der Waals surface area contributed by atoms with Crippen molar-refractivity contribution in [1.82, 2.24) is 0 Å². The topological polar surface area (TPSA) is 96.0 Å². The first kappa shape index (κ1) is 14.4. The molecule has 1 N–H and O–H groups in total. The minimum atomic E-state index is -0.795. The summed E-state index contributed by atoms with van der Waals surface area (Å²) in [6, 6.07) is 11.4. The third kappa shape index (κ3) is 3.13. The van der Waals surface area contributed by atoms with Crippen LogP contribution in [0.2, 0.25) is 0 Å². The van der Waals surface area contributed by atoms with Gasteiger partial charge >= 0.3 is 5.70 Å². The zero-order valence-corrected chi connectivity index (χ0v) is 11.5. The predicted octanol–water partition coefficient (Wildman–Crippen LogP) is 3.02. The fraction of sp³-hybridized carbons (Fsp3) is 0. The van der Waals surface area contributed by atoms with Crippen molar-refractivity contribution < 1.29 is 9.72 Å². The molecule has 0 atom stereocenters. The second kappa shape index (κ2) is 6.45. The van der Waals surface area contributed by atoms with Crippen LogP contribution in [-0.2, 0) is 4.79 Å². The fourth-order valence-corrected chi connectivity index (χ4v) is 2.63. The van der Waals surface area contributed by atoms with Crippen molar-refractivity contribution in [2.45, 2.75) is 0 Å². The van der Waals surface area contributed by atoms with Crippen LogP contribution in [0.1, 0.15) is 5.56 Å². The van der Waals surface area contributed by atoms with Gasteiger partial charge in [-0.25, -0.2) is 0 Å². The number of nitrogens with one attached hydrogen (secondary N) is 1. The molecule has 0 aliphatic heterocycles. The molecule has 0 aliphatic carbocycles. The van der Waals surface area contributed by atoms with Crippen LogP contribution in [0.25, 0.3) is 10.4 Å². The average molecular weight is 299 g/mol. The monoisotopic (exact) mass is 299 g/mol. The van der Waals surface area contributed by atoms with E-state index in [4.69, 9.17) is 0 Å². The molecule has 0 spiro atoms. The first-order chi connectivity index (χ1) is 10.2. The van der Waals surface area contributed by atoms with E-state index in [0.717, 1.165) is 16.6 Å². The molecule has 2 rings (SSSR count). The Morgan fingerprint density at radius 1 is 1.38 bits per heavy atom. The number of nitriles is 1. The van der Waals surface area contributed by atoms with Gasteiger partial charge in [0.05, 0.1) is 27.3 Å². The number of thiophene rings is 1. The summed E-state index contributed by atoms with van der Waals surface area (Å²) >= 11 is 1.35. The van der Waals surface area contributed by atoms with Crippen LogP contribution in [0.4, 0.5) is 5.69 Å². The first-order valence-corrected chi connectivity index (χ1v) is 6.68. The average Bonchev–Trinajstić information content (AvgIpc) is 2.91. The molecule has 0 radical (unpaired) electrons. The zero-order chi connectivity index (χ0) is 15.2. The number of allylic oxidation sites excluding steroid dienone is 1. The van der Waals surface area contributed by atoms with Gasteiger partial charge in [-0.1, -0.05) is 30.3 Å². The third-order valence-corrected chi connectivity index (χ3v) is 3.68. The minimum Gasteiger partial charge on any atom is -0.354 e. The molecular weight excluding hydrogens is 290 g/mol. The van der Waals surface area contributed by atoms with Gasteiger partial charge in [-0.15, -0.1) is 11.3 Å². The lowest BCUT2D eigenvalue weighted by Gasteiger charge is -2.00. The maximum Gasteiger partial charge on any atom is 0.324 e. The summed E-state index contributed by atoms with van der Waals surface area (Å²) in [6.07, 6.45) is 1.12. The number of carbonyl (C=O) groups is 1. The van der Waals surface area contributed by atoms with E-state index in [1.54, 1.807) is 5.38 Å². The summed E-state index contributed by atoms with van der Waals surface area (Å²) in [7, 11) is 0. The molecule has 1 aromatic heterocycles. The lowest BCUT2D eigenvalue weighted by Crippen LogP contribution is -2.03. The fourth-order valence-electron chi connectivity index (χ4n) is 1.66. The molecule has 0 saturated heterocycles. The van der Waals surface area contributed by atoms with Gasteiger partial charge in [0.1, 0.15) is 6.07 Å². The van der Waals surface area contributed by atoms with Crippen molar-refractivity contribution in [2.75, 3.05) is 5.32 Å². The van der Waals surface area contributed by atoms with E-state index < -0.39 is 10.6 Å². The van der Waals surface area contributed by atoms with Crippen molar-refractivity contribution in [3.8, 4) is 16.5 Å². The molecule has 0 amide bonds. The van der Waals surface area contributed by atoms with Crippen molar-refractivity contribution in [3.63, 3.8) is 0 Å². The highest BCUT2D eigenvalue weighted by atomic mass is 32.1. The standard InChI is InChI=1S/C14H9N3O3S/c15-6-12-13(16-7-11(8-18)17(19)20)9-21-14(12)10-4-2-1-3-5-10/h1-5,7-9,16H/b11-7-. The molecule has 21 heavy (non-hydrogen) atoms. The second-order valence-corrected chi connectivity index (χ2v) is 4.80. The highest BCUT2D eigenvalue weighted by molar-refractivity contribution is 7.14. The van der Waals surface area contributed by atoms with Crippen molar-refractivity contribution >= 4 is 23.3 Å². The van der Waals surface area contributed by atoms with E-state index in [1.807, 2.05) is 30.3 Å². The number of rotatable bonds is 5. The number of anilines is 1. The SMILES string of the molecule is N#Cc1c(N/C=C(/C=O)[N+](=O)[O-])csc1-c1ccccc1. The Bertz CT molecular complexity index is 745. The lowest BCUT2D eigenvalue weighted by molar-refractivity contribution is -0.417. The van der Waals surface area contributed by atoms with Crippen LogP contribution in [0.5, 0.6) is 0 Å². The van der Waals surface area contributed by atoms with Gasteiger partial charge in [-0.05, 0) is 5.56 Å². The van der Waals surface area contributed by atoms with Crippen molar-refractivity contribution in [3.05, 3.63) is 63.3 Å². The molecule has 0 aliphatic rings. The summed E-state index contributed by atoms with van der Waals surface area (Å²) in [5, 5.41) is 24.1. The van der Waals surface area contributed by atoms with Crippen LogP contribution in [0, 0.1) is 21.4 Å². The van der Waals surface area contributed by atoms with Gasteiger partial charge < -0.3 is 5.32 Å². The Labute approximate surface area is 124 Å². The molecule has 0 fully saturated rings. The number of aldehydes is 1. The molecule has 7 heteroatoms. The normalized spacial score (nSPS) is 10.7. The van der Waals surface area contributed by atoms with Gasteiger partial charge in [0.15, 0.2) is 0 Å². The van der Waals surface area contributed by atoms with Crippen molar-refractivity contribution in [2.24, 2.45) is 0 Å². The summed E-state index contributed by atoms with van der Waals surface area (Å²) in [5.74, 6) is 0. The summed E-state index contributed by atoms with van der Waals surface area (Å²) < 4.78 is 0. The molecular formula is C14H9N3O3S. The number of nitro groups is 1. The molecule has 1 aromatic carbocycles. The van der Waals surface area contributed by atoms with Crippen LogP contribution in [-0.4, -0.2) is 11.2 Å². The first-order valence-electron chi connectivity index (χ1n) is 5.80. The smallest absolute Gasteiger partial charge is 0.324 e. The Kier molecular flexibility index (Phi) is 4.43. The zero-order valence-electron chi connectivity index (χ0n) is 10.6. The molecule has 1 heterocycles. The molecule has 0 bridgehead atoms. The number of hydrogen-bond donors (Lipinski definition) is 1. The number of benzene rings is 1. The highest BCUT2D eigenvalue weighted by Gasteiger charge is 2.14. The Morgan fingerprint density at radius 2 is 2.10 bits per heavy atom. The van der Waals surface area contributed by atoms with E-state index in [0.29, 0.717) is 11.3 Å². The molecule has 2 aromatic rings. The number of hydrogen-bond acceptors (Lipinski definition) is 6. The number of carbonyl (C=O) groups excluding carboxylic acids is 1. The largest absolute Gasteiger partial charge is 0.354 e. The van der Waals surface area contributed by atoms with Crippen molar-refractivity contribution in [1.29, 1.82) is 5.26 Å². The van der Waals surface area contributed by atoms with Crippen LogP contribution >= 0.6 is 11.3 Å². The van der Waals surface area contributed by atoms with Gasteiger partial charge in [0.25, 0.3) is 0 Å². The van der Waals surface area contributed by atoms with E-state index in [1.165, 1.54) is 11.3 Å². The highest BCUT2D eigenvalue weighted by Crippen LogP contribution is 2.35. The quantitative estimate of drug-likeness (QED) is 0.396. The van der Waals surface area contributed by atoms with Crippen LogP contribution in [0.3, 0.4) is 0 Å². The van der Waals surface area contributed by atoms with Gasteiger partial charge in [-0.2, -0.15) is 5.26 Å². The van der Waals surface area contributed by atoms with Gasteiger partial charge in [-0.3, -0.25) is 14.9 Å². The molecule has 104 valence electrons. The Balaban J connectivity index is 2.36. The molecule has 0 unspecified atom stereocenters. The van der Waals surface area contributed by atoms with E-state index in [2.05, 4.69) is 11.4 Å². The second-order valence-electron chi connectivity index (χ2n) is 3.92. The molecule has 6 nitrogen and oxygen atoms in total. The van der Waals surface area contributed by atoms with Gasteiger partial charge in [0.2, 0.25) is 6.29 Å². The minimum absolute atomic E-state index is 0.142. The maximum atomic E-state index is 10.5. The Morgan fingerprint density at radius 3 is 2.67 bits per heavy atom. The molecule has 0 saturated carbocycles.